The number of imidazole rings is 1. The molecule has 3 N–H and O–H groups in total. The van der Waals surface area contributed by atoms with Crippen molar-refractivity contribution in [3.8, 4) is 0 Å². The van der Waals surface area contributed by atoms with E-state index in [9.17, 15) is 27.6 Å². The Hall–Kier alpha value is -4.26. The van der Waals surface area contributed by atoms with E-state index < -0.39 is 23.3 Å². The maximum Gasteiger partial charge on any atom is 0.418 e. The number of piperidine rings is 2. The van der Waals surface area contributed by atoms with Gasteiger partial charge in [0.1, 0.15) is 0 Å². The number of nitrogens with one attached hydrogen (secondary N) is 1. The number of anilines is 2. The lowest BCUT2D eigenvalue weighted by molar-refractivity contribution is -0.142. The van der Waals surface area contributed by atoms with Gasteiger partial charge < -0.3 is 30.3 Å². The summed E-state index contributed by atoms with van der Waals surface area (Å²) in [6.07, 6.45) is 2.03. The van der Waals surface area contributed by atoms with Crippen molar-refractivity contribution >= 4 is 40.8 Å². The van der Waals surface area contributed by atoms with Gasteiger partial charge in [-0.25, -0.2) is 9.78 Å². The van der Waals surface area contributed by atoms with Crippen molar-refractivity contribution in [3.05, 3.63) is 76.3 Å². The Morgan fingerprint density at radius 2 is 1.69 bits per heavy atom. The summed E-state index contributed by atoms with van der Waals surface area (Å²) >= 11 is 6.13. The number of nitrogens with zero attached hydrogens (tertiary/aromatic N) is 5. The summed E-state index contributed by atoms with van der Waals surface area (Å²) in [4.78, 5) is 50.4. The second-order valence-electron chi connectivity index (χ2n) is 13.3. The number of amides is 4. The SMILES string of the molecule is Cc1cn(C2CCN(C(=O)C(CC(=O)N3CCC(N4CCc5ccccc5NC4=O)CC3)Cc3cc(Cl)c(N)c(C(F)(F)F)c3)CC2)cn1. The number of rotatable bonds is 7. The smallest absolute Gasteiger partial charge is 0.397 e. The molecule has 10 nitrogen and oxygen atoms in total. The molecule has 0 radical (unpaired) electrons. The van der Waals surface area contributed by atoms with E-state index in [1.165, 1.54) is 6.07 Å². The molecule has 0 spiro atoms. The predicted molar refractivity (Wildman–Crippen MR) is 180 cm³/mol. The van der Waals surface area contributed by atoms with Gasteiger partial charge in [-0.2, -0.15) is 13.2 Å². The summed E-state index contributed by atoms with van der Waals surface area (Å²) in [6.45, 7) is 4.20. The molecular weight excluding hydrogens is 659 g/mol. The van der Waals surface area contributed by atoms with Gasteiger partial charge in [-0.15, -0.1) is 0 Å². The zero-order valence-electron chi connectivity index (χ0n) is 27.4. The first-order chi connectivity index (χ1) is 23.4. The minimum atomic E-state index is -4.73. The average molecular weight is 700 g/mol. The Balaban J connectivity index is 1.14. The number of fused-ring (bicyclic) bond motifs is 1. The Morgan fingerprint density at radius 3 is 2.37 bits per heavy atom. The van der Waals surface area contributed by atoms with Gasteiger partial charge in [-0.05, 0) is 74.8 Å². The number of hydrogen-bond acceptors (Lipinski definition) is 5. The van der Waals surface area contributed by atoms with Crippen molar-refractivity contribution in [2.45, 2.75) is 70.1 Å². The van der Waals surface area contributed by atoms with Gasteiger partial charge in [0, 0.05) is 63.1 Å². The van der Waals surface area contributed by atoms with Crippen LogP contribution in [-0.2, 0) is 28.6 Å². The molecule has 4 heterocycles. The summed E-state index contributed by atoms with van der Waals surface area (Å²) < 4.78 is 43.4. The van der Waals surface area contributed by atoms with Gasteiger partial charge >= 0.3 is 12.2 Å². The molecule has 0 aliphatic carbocycles. The van der Waals surface area contributed by atoms with E-state index in [2.05, 4.69) is 10.3 Å². The van der Waals surface area contributed by atoms with Crippen LogP contribution < -0.4 is 11.1 Å². The lowest BCUT2D eigenvalue weighted by atomic mass is 9.91. The molecule has 3 aliphatic heterocycles. The van der Waals surface area contributed by atoms with Gasteiger partial charge in [0.15, 0.2) is 0 Å². The molecule has 2 aromatic carbocycles. The molecule has 4 amide bonds. The Morgan fingerprint density at radius 1 is 1.02 bits per heavy atom. The standard InChI is InChI=1S/C35H41ClF3N7O3/c1-22-20-45(21-41-22)26-7-13-44(14-8-26)33(48)25(16-23-17-28(35(37,38)39)32(40)29(36)18-23)19-31(47)43-11-9-27(10-12-43)46-15-6-24-4-2-3-5-30(24)42-34(46)49/h2-5,17-18,20-21,25-27H,6-16,19,40H2,1H3,(H,42,49). The molecule has 14 heteroatoms. The van der Waals surface area contributed by atoms with Crippen LogP contribution in [0.25, 0.3) is 0 Å². The third kappa shape index (κ3) is 7.82. The monoisotopic (exact) mass is 699 g/mol. The highest BCUT2D eigenvalue weighted by atomic mass is 35.5. The number of nitrogen functional groups attached to an aromatic ring is 1. The molecule has 2 fully saturated rings. The quantitative estimate of drug-likeness (QED) is 0.296. The first-order valence-corrected chi connectivity index (χ1v) is 17.1. The van der Waals surface area contributed by atoms with E-state index in [0.29, 0.717) is 58.4 Å². The lowest BCUT2D eigenvalue weighted by Crippen LogP contribution is -2.50. The fourth-order valence-electron chi connectivity index (χ4n) is 7.35. The van der Waals surface area contributed by atoms with Crippen LogP contribution in [0.5, 0.6) is 0 Å². The van der Waals surface area contributed by atoms with E-state index in [0.717, 1.165) is 29.4 Å². The van der Waals surface area contributed by atoms with Crippen LogP contribution in [0.1, 0.15) is 60.5 Å². The highest BCUT2D eigenvalue weighted by Crippen LogP contribution is 2.39. The largest absolute Gasteiger partial charge is 0.418 e. The summed E-state index contributed by atoms with van der Waals surface area (Å²) in [7, 11) is 0. The molecule has 1 unspecified atom stereocenters. The molecule has 262 valence electrons. The van der Waals surface area contributed by atoms with Crippen molar-refractivity contribution in [2.24, 2.45) is 5.92 Å². The second-order valence-corrected chi connectivity index (χ2v) is 13.7. The fraction of sp³-hybridized carbons (Fsp3) is 0.486. The number of carbonyl (C=O) groups excluding carboxylic acids is 3. The maximum atomic E-state index is 14.0. The highest BCUT2D eigenvalue weighted by molar-refractivity contribution is 6.33. The summed E-state index contributed by atoms with van der Waals surface area (Å²) in [5, 5.41) is 2.75. The Labute approximate surface area is 288 Å². The fourth-order valence-corrected chi connectivity index (χ4v) is 7.59. The van der Waals surface area contributed by atoms with Crippen molar-refractivity contribution in [1.29, 1.82) is 0 Å². The number of carbonyl (C=O) groups is 3. The third-order valence-electron chi connectivity index (χ3n) is 10.1. The maximum absolute atomic E-state index is 14.0. The molecule has 0 bridgehead atoms. The first kappa shape index (κ1) is 34.6. The number of alkyl halides is 3. The minimum absolute atomic E-state index is 0.0471. The van der Waals surface area contributed by atoms with Gasteiger partial charge in [0.25, 0.3) is 0 Å². The summed E-state index contributed by atoms with van der Waals surface area (Å²) in [5.41, 5.74) is 7.01. The number of halogens is 4. The number of likely N-dealkylation sites (tertiary alicyclic amines) is 2. The van der Waals surface area contributed by atoms with Crippen LogP contribution in [0.2, 0.25) is 5.02 Å². The van der Waals surface area contributed by atoms with E-state index in [1.54, 1.807) is 16.1 Å². The van der Waals surface area contributed by atoms with Gasteiger partial charge in [-0.1, -0.05) is 29.8 Å². The molecule has 49 heavy (non-hydrogen) atoms. The summed E-state index contributed by atoms with van der Waals surface area (Å²) in [6, 6.07) is 9.97. The van der Waals surface area contributed by atoms with E-state index in [4.69, 9.17) is 17.3 Å². The van der Waals surface area contributed by atoms with Gasteiger partial charge in [0.2, 0.25) is 11.8 Å². The summed E-state index contributed by atoms with van der Waals surface area (Å²) in [5.74, 6) is -1.41. The van der Waals surface area contributed by atoms with Crippen LogP contribution in [0.15, 0.2) is 48.9 Å². The van der Waals surface area contributed by atoms with Crippen molar-refractivity contribution in [2.75, 3.05) is 43.8 Å². The number of hydrogen-bond donors (Lipinski definition) is 2. The molecule has 1 atom stereocenters. The Bertz CT molecular complexity index is 1700. The number of aromatic nitrogens is 2. The van der Waals surface area contributed by atoms with Gasteiger partial charge in [-0.3, -0.25) is 9.59 Å². The second kappa shape index (κ2) is 14.3. The van der Waals surface area contributed by atoms with E-state index >= 15 is 0 Å². The average Bonchev–Trinajstić information content (AvgIpc) is 3.44. The molecule has 3 aromatic rings. The molecule has 0 saturated carbocycles. The van der Waals surface area contributed by atoms with Crippen molar-refractivity contribution in [3.63, 3.8) is 0 Å². The highest BCUT2D eigenvalue weighted by Gasteiger charge is 2.37. The number of nitrogens with two attached hydrogens (primary N) is 1. The Kier molecular flexibility index (Phi) is 10.1. The predicted octanol–water partition coefficient (Wildman–Crippen LogP) is 5.94. The zero-order chi connectivity index (χ0) is 34.9. The number of aryl methyl sites for hydroxylation is 1. The molecule has 3 aliphatic rings. The van der Waals surface area contributed by atoms with Crippen molar-refractivity contribution < 1.29 is 27.6 Å². The topological polar surface area (TPSA) is 117 Å². The molecule has 6 rings (SSSR count). The van der Waals surface area contributed by atoms with Crippen LogP contribution in [0, 0.1) is 12.8 Å². The van der Waals surface area contributed by atoms with Crippen LogP contribution in [-0.4, -0.2) is 80.9 Å². The molecule has 2 saturated heterocycles. The van der Waals surface area contributed by atoms with E-state index in [1.807, 2.05) is 46.9 Å². The molecule has 1 aromatic heterocycles. The third-order valence-corrected chi connectivity index (χ3v) is 10.4. The van der Waals surface area contributed by atoms with Crippen LogP contribution >= 0.6 is 11.6 Å². The van der Waals surface area contributed by atoms with Crippen molar-refractivity contribution in [1.82, 2.24) is 24.3 Å². The van der Waals surface area contributed by atoms with Crippen LogP contribution in [0.3, 0.4) is 0 Å². The number of urea groups is 1. The number of para-hydroxylation sites is 1. The number of benzene rings is 2. The normalized spacial score (nSPS) is 18.6. The zero-order valence-corrected chi connectivity index (χ0v) is 28.1. The minimum Gasteiger partial charge on any atom is -0.397 e. The van der Waals surface area contributed by atoms with E-state index in [-0.39, 0.29) is 53.4 Å². The van der Waals surface area contributed by atoms with Gasteiger partial charge in [0.05, 0.1) is 34.2 Å². The van der Waals surface area contributed by atoms with Crippen LogP contribution in [0.4, 0.5) is 29.3 Å². The first-order valence-electron chi connectivity index (χ1n) is 16.7. The molecular formula is C35H41ClF3N7O3. The lowest BCUT2D eigenvalue weighted by Gasteiger charge is -2.39.